The first-order chi connectivity index (χ1) is 9.63. The molecule has 0 bridgehead atoms. The Labute approximate surface area is 118 Å². The van der Waals surface area contributed by atoms with Gasteiger partial charge in [0.2, 0.25) is 5.91 Å². The molecule has 1 amide bonds. The number of carbonyl (C=O) groups is 1. The monoisotopic (exact) mass is 270 g/mol. The van der Waals surface area contributed by atoms with Gasteiger partial charge in [-0.25, -0.2) is 9.97 Å². The molecule has 0 saturated carbocycles. The van der Waals surface area contributed by atoms with E-state index in [-0.39, 0.29) is 5.91 Å². The van der Waals surface area contributed by atoms with E-state index in [2.05, 4.69) is 15.3 Å². The van der Waals surface area contributed by atoms with Crippen molar-refractivity contribution in [3.63, 3.8) is 0 Å². The van der Waals surface area contributed by atoms with E-state index in [4.69, 9.17) is 0 Å². The molecule has 0 fully saturated rings. The van der Waals surface area contributed by atoms with E-state index in [1.807, 2.05) is 43.1 Å². The van der Waals surface area contributed by atoms with E-state index < -0.39 is 0 Å². The van der Waals surface area contributed by atoms with E-state index in [0.29, 0.717) is 18.9 Å². The van der Waals surface area contributed by atoms with Crippen molar-refractivity contribution >= 4 is 11.6 Å². The van der Waals surface area contributed by atoms with Gasteiger partial charge in [0.25, 0.3) is 0 Å². The Morgan fingerprint density at radius 3 is 2.50 bits per heavy atom. The second-order valence-electron chi connectivity index (χ2n) is 4.75. The second kappa shape index (κ2) is 6.77. The quantitative estimate of drug-likeness (QED) is 0.901. The Bertz CT molecular complexity index is 554. The lowest BCUT2D eigenvalue weighted by molar-refractivity contribution is -0.117. The third kappa shape index (κ3) is 4.44. The highest BCUT2D eigenvalue weighted by Crippen LogP contribution is 2.08. The predicted molar refractivity (Wildman–Crippen MR) is 78.2 cm³/mol. The molecule has 1 N–H and O–H groups in total. The predicted octanol–water partition coefficient (Wildman–Crippen LogP) is 1.86. The molecule has 0 spiro atoms. The zero-order chi connectivity index (χ0) is 14.4. The smallest absolute Gasteiger partial charge is 0.238 e. The van der Waals surface area contributed by atoms with Crippen molar-refractivity contribution in [2.75, 3.05) is 18.9 Å². The average molecular weight is 270 g/mol. The summed E-state index contributed by atoms with van der Waals surface area (Å²) < 4.78 is 0. The maximum atomic E-state index is 11.9. The lowest BCUT2D eigenvalue weighted by Gasteiger charge is -2.15. The van der Waals surface area contributed by atoms with Crippen LogP contribution in [0, 0.1) is 6.92 Å². The number of rotatable bonds is 5. The van der Waals surface area contributed by atoms with Crippen molar-refractivity contribution in [1.29, 1.82) is 0 Å². The van der Waals surface area contributed by atoms with Crippen molar-refractivity contribution < 1.29 is 4.79 Å². The van der Waals surface area contributed by atoms with Crippen molar-refractivity contribution in [2.24, 2.45) is 0 Å². The lowest BCUT2D eigenvalue weighted by atomic mass is 10.2. The summed E-state index contributed by atoms with van der Waals surface area (Å²) in [5.74, 6) is 0.658. The summed E-state index contributed by atoms with van der Waals surface area (Å²) in [6.45, 7) is 2.85. The van der Waals surface area contributed by atoms with Gasteiger partial charge in [-0.2, -0.15) is 0 Å². The van der Waals surface area contributed by atoms with Crippen LogP contribution in [0.15, 0.2) is 42.7 Å². The van der Waals surface area contributed by atoms with Gasteiger partial charge in [0.15, 0.2) is 0 Å². The van der Waals surface area contributed by atoms with Gasteiger partial charge in [-0.1, -0.05) is 17.7 Å². The average Bonchev–Trinajstić information content (AvgIpc) is 2.42. The molecule has 5 heteroatoms. The van der Waals surface area contributed by atoms with Crippen LogP contribution in [0.5, 0.6) is 0 Å². The van der Waals surface area contributed by atoms with Crippen LogP contribution < -0.4 is 5.32 Å². The molecule has 0 atom stereocenters. The highest BCUT2D eigenvalue weighted by Gasteiger charge is 2.08. The van der Waals surface area contributed by atoms with Crippen LogP contribution in [0.1, 0.15) is 11.4 Å². The summed E-state index contributed by atoms with van der Waals surface area (Å²) in [5, 5.41) is 2.86. The molecule has 2 aromatic rings. The molecule has 5 nitrogen and oxygen atoms in total. The molecule has 104 valence electrons. The van der Waals surface area contributed by atoms with Crippen LogP contribution in [0.3, 0.4) is 0 Å². The van der Waals surface area contributed by atoms with E-state index in [0.717, 1.165) is 5.69 Å². The van der Waals surface area contributed by atoms with Crippen LogP contribution in [-0.4, -0.2) is 34.4 Å². The number of likely N-dealkylation sites (N-methyl/N-ethyl adjacent to an activating group) is 1. The molecule has 1 aromatic carbocycles. The highest BCUT2D eigenvalue weighted by molar-refractivity contribution is 5.92. The number of anilines is 1. The molecular weight excluding hydrogens is 252 g/mol. The number of aromatic nitrogens is 2. The van der Waals surface area contributed by atoms with Crippen molar-refractivity contribution in [3.05, 3.63) is 54.1 Å². The van der Waals surface area contributed by atoms with E-state index in [1.165, 1.54) is 5.56 Å². The van der Waals surface area contributed by atoms with Gasteiger partial charge in [0.1, 0.15) is 5.82 Å². The van der Waals surface area contributed by atoms with Crippen LogP contribution in [0.4, 0.5) is 5.69 Å². The van der Waals surface area contributed by atoms with Gasteiger partial charge in [0, 0.05) is 18.1 Å². The summed E-state index contributed by atoms with van der Waals surface area (Å²) >= 11 is 0. The number of benzene rings is 1. The van der Waals surface area contributed by atoms with E-state index in [9.17, 15) is 4.79 Å². The summed E-state index contributed by atoms with van der Waals surface area (Å²) in [4.78, 5) is 22.0. The Balaban J connectivity index is 1.83. The molecule has 0 radical (unpaired) electrons. The van der Waals surface area contributed by atoms with Crippen molar-refractivity contribution in [3.8, 4) is 0 Å². The molecule has 0 aliphatic carbocycles. The molecule has 0 aliphatic rings. The largest absolute Gasteiger partial charge is 0.325 e. The molecule has 0 saturated heterocycles. The number of hydrogen-bond acceptors (Lipinski definition) is 4. The summed E-state index contributed by atoms with van der Waals surface area (Å²) in [6, 6.07) is 9.50. The fraction of sp³-hybridized carbons (Fsp3) is 0.267. The third-order valence-electron chi connectivity index (χ3n) is 2.78. The summed E-state index contributed by atoms with van der Waals surface area (Å²) in [5.41, 5.74) is 1.98. The van der Waals surface area contributed by atoms with E-state index in [1.54, 1.807) is 18.5 Å². The fourth-order valence-corrected chi connectivity index (χ4v) is 1.79. The summed E-state index contributed by atoms with van der Waals surface area (Å²) in [6.07, 6.45) is 3.39. The fourth-order valence-electron chi connectivity index (χ4n) is 1.79. The van der Waals surface area contributed by atoms with Crippen LogP contribution >= 0.6 is 0 Å². The standard InChI is InChI=1S/C15H18N4O/c1-12-4-6-13(7-5-12)18-15(20)11-19(2)10-14-16-8-3-9-17-14/h3-9H,10-11H2,1-2H3,(H,18,20). The molecule has 0 unspecified atom stereocenters. The molecule has 1 aromatic heterocycles. The molecular formula is C15H18N4O. The molecule has 1 heterocycles. The number of hydrogen-bond donors (Lipinski definition) is 1. The van der Waals surface area contributed by atoms with Gasteiger partial charge in [-0.05, 0) is 32.2 Å². The number of nitrogens with zero attached hydrogens (tertiary/aromatic N) is 3. The Hall–Kier alpha value is -2.27. The Morgan fingerprint density at radius 1 is 1.20 bits per heavy atom. The van der Waals surface area contributed by atoms with Gasteiger partial charge in [-0.3, -0.25) is 9.69 Å². The minimum Gasteiger partial charge on any atom is -0.325 e. The minimum absolute atomic E-state index is 0.0488. The SMILES string of the molecule is Cc1ccc(NC(=O)CN(C)Cc2ncccn2)cc1. The normalized spacial score (nSPS) is 10.6. The van der Waals surface area contributed by atoms with E-state index >= 15 is 0 Å². The first-order valence-corrected chi connectivity index (χ1v) is 6.44. The Kier molecular flexibility index (Phi) is 4.79. The third-order valence-corrected chi connectivity index (χ3v) is 2.78. The first-order valence-electron chi connectivity index (χ1n) is 6.44. The van der Waals surface area contributed by atoms with Gasteiger partial charge >= 0.3 is 0 Å². The molecule has 20 heavy (non-hydrogen) atoms. The maximum absolute atomic E-state index is 11.9. The Morgan fingerprint density at radius 2 is 1.85 bits per heavy atom. The summed E-state index contributed by atoms with van der Waals surface area (Å²) in [7, 11) is 1.87. The first kappa shape index (κ1) is 14.1. The van der Waals surface area contributed by atoms with Gasteiger partial charge < -0.3 is 5.32 Å². The topological polar surface area (TPSA) is 58.1 Å². The maximum Gasteiger partial charge on any atom is 0.238 e. The van der Waals surface area contributed by atoms with Crippen LogP contribution in [-0.2, 0) is 11.3 Å². The van der Waals surface area contributed by atoms with Crippen LogP contribution in [0.2, 0.25) is 0 Å². The van der Waals surface area contributed by atoms with Gasteiger partial charge in [0.05, 0.1) is 13.1 Å². The molecule has 0 aliphatic heterocycles. The molecule has 2 rings (SSSR count). The van der Waals surface area contributed by atoms with Crippen molar-refractivity contribution in [1.82, 2.24) is 14.9 Å². The zero-order valence-electron chi connectivity index (χ0n) is 11.7. The number of carbonyl (C=O) groups excluding carboxylic acids is 1. The highest BCUT2D eigenvalue weighted by atomic mass is 16.2. The van der Waals surface area contributed by atoms with Crippen molar-refractivity contribution in [2.45, 2.75) is 13.5 Å². The van der Waals surface area contributed by atoms with Gasteiger partial charge in [-0.15, -0.1) is 0 Å². The number of amides is 1. The number of nitrogens with one attached hydrogen (secondary N) is 1. The van der Waals surface area contributed by atoms with Crippen LogP contribution in [0.25, 0.3) is 0 Å². The zero-order valence-corrected chi connectivity index (χ0v) is 11.7. The second-order valence-corrected chi connectivity index (χ2v) is 4.75. The lowest BCUT2D eigenvalue weighted by Crippen LogP contribution is -2.30. The number of aryl methyl sites for hydroxylation is 1. The minimum atomic E-state index is -0.0488.